The number of carboxylic acids is 4. The van der Waals surface area contributed by atoms with E-state index in [9.17, 15) is 39.6 Å². The van der Waals surface area contributed by atoms with E-state index in [1.165, 1.54) is 89.2 Å². The summed E-state index contributed by atoms with van der Waals surface area (Å²) in [5.74, 6) is -6.05. The van der Waals surface area contributed by atoms with Crippen LogP contribution in [0.5, 0.6) is 0 Å². The predicted molar refractivity (Wildman–Crippen MR) is 160 cm³/mol. The van der Waals surface area contributed by atoms with Crippen molar-refractivity contribution in [1.82, 2.24) is 0 Å². The van der Waals surface area contributed by atoms with Crippen molar-refractivity contribution in [3.05, 3.63) is 47.6 Å². The monoisotopic (exact) mass is 608 g/mol. The SMILES string of the molecule is CCCCCCCCCCC=C/C(=C/C(=O)[O-])C(=O)[O-].CCCCCCCCCCC=C/C(=C/C(=O)[O-])C(=O)[O-].[Mg+2].[Mg+2]. The molecule has 0 heterocycles. The molecule has 0 saturated heterocycles. The molecule has 0 radical (unpaired) electrons. The molecule has 0 fully saturated rings. The van der Waals surface area contributed by atoms with E-state index < -0.39 is 23.9 Å². The van der Waals surface area contributed by atoms with Gasteiger partial charge in [-0.3, -0.25) is 0 Å². The molecule has 0 rings (SSSR count). The van der Waals surface area contributed by atoms with E-state index in [4.69, 9.17) is 0 Å². The molecular formula is C32H48Mg2O8. The maximum Gasteiger partial charge on any atom is 2.00 e. The Kier molecular flexibility index (Phi) is 40.1. The number of unbranched alkanes of at least 4 members (excludes halogenated alkanes) is 16. The first-order valence-corrected chi connectivity index (χ1v) is 14.8. The molecule has 0 aliphatic carbocycles. The minimum Gasteiger partial charge on any atom is -0.545 e. The van der Waals surface area contributed by atoms with Crippen LogP contribution in [-0.4, -0.2) is 70.0 Å². The number of carbonyl (C=O) groups excluding carboxylic acids is 4. The van der Waals surface area contributed by atoms with E-state index in [0.29, 0.717) is 12.2 Å². The van der Waals surface area contributed by atoms with Gasteiger partial charge in [-0.15, -0.1) is 0 Å². The second-order valence-electron chi connectivity index (χ2n) is 9.74. The van der Waals surface area contributed by atoms with Crippen LogP contribution < -0.4 is 20.4 Å². The maximum atomic E-state index is 10.6. The van der Waals surface area contributed by atoms with Crippen LogP contribution in [0.2, 0.25) is 0 Å². The Hall–Kier alpha value is -1.63. The van der Waals surface area contributed by atoms with Crippen LogP contribution in [0.3, 0.4) is 0 Å². The van der Waals surface area contributed by atoms with Crippen molar-refractivity contribution in [3.8, 4) is 0 Å². The number of allylic oxidation sites excluding steroid dienone is 2. The molecule has 0 aliphatic heterocycles. The summed E-state index contributed by atoms with van der Waals surface area (Å²) in [5, 5.41) is 41.8. The second-order valence-corrected chi connectivity index (χ2v) is 9.74. The molecular weight excluding hydrogens is 561 g/mol. The van der Waals surface area contributed by atoms with Crippen LogP contribution in [0, 0.1) is 0 Å². The molecule has 0 atom stereocenters. The third-order valence-corrected chi connectivity index (χ3v) is 6.06. The summed E-state index contributed by atoms with van der Waals surface area (Å²) in [7, 11) is 0. The topological polar surface area (TPSA) is 161 Å². The van der Waals surface area contributed by atoms with Crippen LogP contribution in [0.15, 0.2) is 47.6 Å². The van der Waals surface area contributed by atoms with Gasteiger partial charge in [0.25, 0.3) is 0 Å². The molecule has 0 aliphatic rings. The van der Waals surface area contributed by atoms with Gasteiger partial charge < -0.3 is 39.6 Å². The molecule has 8 nitrogen and oxygen atoms in total. The third-order valence-electron chi connectivity index (χ3n) is 6.06. The van der Waals surface area contributed by atoms with Crippen molar-refractivity contribution in [2.24, 2.45) is 0 Å². The molecule has 0 N–H and O–H groups in total. The summed E-state index contributed by atoms with van der Waals surface area (Å²) < 4.78 is 0. The maximum absolute atomic E-state index is 10.6. The Labute approximate surface area is 285 Å². The van der Waals surface area contributed by atoms with Gasteiger partial charge in [-0.25, -0.2) is 0 Å². The molecule has 42 heavy (non-hydrogen) atoms. The first kappa shape index (κ1) is 47.3. The fraction of sp³-hybridized carbons (Fsp3) is 0.625. The van der Waals surface area contributed by atoms with Gasteiger partial charge in [-0.1, -0.05) is 128 Å². The van der Waals surface area contributed by atoms with Gasteiger partial charge in [0.05, 0.1) is 23.9 Å². The fourth-order valence-corrected chi connectivity index (χ4v) is 3.82. The zero-order valence-electron chi connectivity index (χ0n) is 25.9. The molecule has 0 bridgehead atoms. The molecule has 0 aromatic rings. The van der Waals surface area contributed by atoms with Crippen molar-refractivity contribution >= 4 is 70.0 Å². The van der Waals surface area contributed by atoms with Crippen molar-refractivity contribution in [2.75, 3.05) is 0 Å². The van der Waals surface area contributed by atoms with Gasteiger partial charge in [0, 0.05) is 0 Å². The van der Waals surface area contributed by atoms with Gasteiger partial charge in [0.15, 0.2) is 0 Å². The van der Waals surface area contributed by atoms with Crippen LogP contribution in [0.4, 0.5) is 0 Å². The average Bonchev–Trinajstić information content (AvgIpc) is 2.89. The molecule has 0 unspecified atom stereocenters. The quantitative estimate of drug-likeness (QED) is 0.0697. The standard InChI is InChI=1S/2C16H26O4.2Mg/c2*1-2-3-4-5-6-7-8-9-10-11-12-14(16(19)20)13-15(17)18;;/h2*11-13H,2-10H2,1H3,(H,17,18)(H,19,20);;/q;;2*+2/p-4/b2*12-11?,14-13-;;. The molecule has 228 valence electrons. The van der Waals surface area contributed by atoms with E-state index in [1.807, 2.05) is 0 Å². The zero-order chi connectivity index (χ0) is 30.4. The number of hydrogen-bond donors (Lipinski definition) is 0. The molecule has 10 heteroatoms. The minimum absolute atomic E-state index is 0. The summed E-state index contributed by atoms with van der Waals surface area (Å²) in [4.78, 5) is 41.8. The summed E-state index contributed by atoms with van der Waals surface area (Å²) in [5.41, 5.74) is -0.714. The summed E-state index contributed by atoms with van der Waals surface area (Å²) in [6, 6.07) is 0. The Morgan fingerprint density at radius 3 is 0.952 bits per heavy atom. The van der Waals surface area contributed by atoms with E-state index >= 15 is 0 Å². The first-order valence-electron chi connectivity index (χ1n) is 14.8. The number of carbonyl (C=O) groups is 4. The second kappa shape index (κ2) is 35.6. The van der Waals surface area contributed by atoms with Gasteiger partial charge >= 0.3 is 46.1 Å². The normalized spacial score (nSPS) is 11.4. The fourth-order valence-electron chi connectivity index (χ4n) is 3.82. The smallest absolute Gasteiger partial charge is 0.545 e. The Morgan fingerprint density at radius 1 is 0.452 bits per heavy atom. The van der Waals surface area contributed by atoms with Gasteiger partial charge in [-0.05, 0) is 49.0 Å². The number of rotatable bonds is 24. The van der Waals surface area contributed by atoms with Crippen LogP contribution in [-0.2, 0) is 19.2 Å². The van der Waals surface area contributed by atoms with E-state index in [-0.39, 0.29) is 57.3 Å². The van der Waals surface area contributed by atoms with Crippen LogP contribution in [0.1, 0.15) is 129 Å². The molecule has 0 spiro atoms. The summed E-state index contributed by atoms with van der Waals surface area (Å²) in [6.07, 6.45) is 27.8. The Bertz CT molecular complexity index is 764. The average molecular weight is 609 g/mol. The van der Waals surface area contributed by atoms with Gasteiger partial charge in [-0.2, -0.15) is 0 Å². The Morgan fingerprint density at radius 2 is 0.714 bits per heavy atom. The van der Waals surface area contributed by atoms with Crippen molar-refractivity contribution in [1.29, 1.82) is 0 Å². The van der Waals surface area contributed by atoms with Crippen LogP contribution >= 0.6 is 0 Å². The number of aliphatic carboxylic acids is 4. The van der Waals surface area contributed by atoms with E-state index in [1.54, 1.807) is 12.2 Å². The van der Waals surface area contributed by atoms with Crippen LogP contribution in [0.25, 0.3) is 0 Å². The summed E-state index contributed by atoms with van der Waals surface area (Å²) in [6.45, 7) is 4.39. The first-order chi connectivity index (χ1) is 19.1. The summed E-state index contributed by atoms with van der Waals surface area (Å²) >= 11 is 0. The van der Waals surface area contributed by atoms with Crippen molar-refractivity contribution in [2.45, 2.75) is 129 Å². The minimum atomic E-state index is -1.53. The predicted octanol–water partition coefficient (Wildman–Crippen LogP) is 2.24. The largest absolute Gasteiger partial charge is 2.00 e. The van der Waals surface area contributed by atoms with E-state index in [0.717, 1.165) is 38.5 Å². The molecule has 0 aromatic carbocycles. The molecule has 0 saturated carbocycles. The molecule has 0 amide bonds. The Balaban J connectivity index is -0.000000328. The zero-order valence-corrected chi connectivity index (χ0v) is 28.7. The number of hydrogen-bond acceptors (Lipinski definition) is 8. The van der Waals surface area contributed by atoms with E-state index in [2.05, 4.69) is 13.8 Å². The number of carboxylic acid groups (broad SMARTS) is 4. The van der Waals surface area contributed by atoms with Crippen molar-refractivity contribution in [3.63, 3.8) is 0 Å². The van der Waals surface area contributed by atoms with Crippen molar-refractivity contribution < 1.29 is 39.6 Å². The van der Waals surface area contributed by atoms with Gasteiger partial charge in [0.1, 0.15) is 0 Å². The molecule has 0 aromatic heterocycles. The van der Waals surface area contributed by atoms with Gasteiger partial charge in [0.2, 0.25) is 0 Å². The third kappa shape index (κ3) is 36.4.